The Hall–Kier alpha value is -0.930. The molecule has 0 saturated carbocycles. The average Bonchev–Trinajstić information content (AvgIpc) is 2.87. The minimum atomic E-state index is -0.168. The summed E-state index contributed by atoms with van der Waals surface area (Å²) >= 11 is 0. The molecule has 0 aliphatic carbocycles. The van der Waals surface area contributed by atoms with Gasteiger partial charge in [-0.2, -0.15) is 0 Å². The van der Waals surface area contributed by atoms with Gasteiger partial charge in [0, 0.05) is 12.1 Å². The number of benzene rings is 1. The first-order valence-corrected chi connectivity index (χ1v) is 7.44. The maximum atomic E-state index is 13.5. The second-order valence-electron chi connectivity index (χ2n) is 5.51. The van der Waals surface area contributed by atoms with E-state index in [4.69, 9.17) is 5.73 Å². The fourth-order valence-corrected chi connectivity index (χ4v) is 3.26. The molecule has 106 valence electrons. The van der Waals surface area contributed by atoms with Gasteiger partial charge in [0.25, 0.3) is 0 Å². The van der Waals surface area contributed by atoms with Crippen molar-refractivity contribution in [3.05, 3.63) is 35.6 Å². The van der Waals surface area contributed by atoms with Crippen LogP contribution < -0.4 is 5.73 Å². The summed E-state index contributed by atoms with van der Waals surface area (Å²) in [5.74, 6) is -0.168. The second-order valence-corrected chi connectivity index (χ2v) is 5.51. The third-order valence-electron chi connectivity index (χ3n) is 4.32. The number of nitrogens with two attached hydrogens (primary N) is 1. The highest BCUT2D eigenvalue weighted by Crippen LogP contribution is 2.33. The molecule has 1 aromatic rings. The number of nitrogens with zero attached hydrogens (tertiary/aromatic N) is 1. The summed E-state index contributed by atoms with van der Waals surface area (Å²) in [5.41, 5.74) is 7.35. The Morgan fingerprint density at radius 3 is 2.84 bits per heavy atom. The Balaban J connectivity index is 2.30. The molecule has 2 nitrogen and oxygen atoms in total. The highest BCUT2D eigenvalue weighted by Gasteiger charge is 2.33. The molecule has 2 N–H and O–H groups in total. The summed E-state index contributed by atoms with van der Waals surface area (Å²) in [4.78, 5) is 2.49. The van der Waals surface area contributed by atoms with Gasteiger partial charge in [-0.1, -0.05) is 26.0 Å². The maximum absolute atomic E-state index is 13.5. The van der Waals surface area contributed by atoms with Crippen molar-refractivity contribution in [2.75, 3.05) is 6.54 Å². The topological polar surface area (TPSA) is 29.3 Å². The lowest BCUT2D eigenvalue weighted by atomic mass is 9.95. The van der Waals surface area contributed by atoms with Crippen molar-refractivity contribution in [1.82, 2.24) is 4.90 Å². The third-order valence-corrected chi connectivity index (χ3v) is 4.32. The lowest BCUT2D eigenvalue weighted by Gasteiger charge is -2.36. The predicted octanol–water partition coefficient (Wildman–Crippen LogP) is 3.48. The quantitative estimate of drug-likeness (QED) is 0.882. The van der Waals surface area contributed by atoms with Crippen LogP contribution in [0.15, 0.2) is 24.3 Å². The summed E-state index contributed by atoms with van der Waals surface area (Å²) in [6, 6.07) is 7.74. The third kappa shape index (κ3) is 3.15. The molecular formula is C16H25FN2. The molecule has 0 aromatic heterocycles. The van der Waals surface area contributed by atoms with Crippen molar-refractivity contribution in [3.63, 3.8) is 0 Å². The van der Waals surface area contributed by atoms with Crippen molar-refractivity contribution in [2.24, 2.45) is 5.73 Å². The first kappa shape index (κ1) is 14.5. The molecule has 0 bridgehead atoms. The molecule has 3 unspecified atom stereocenters. The zero-order valence-electron chi connectivity index (χ0n) is 12.0. The molecule has 2 rings (SSSR count). The SMILES string of the molecule is CCC(N)C(c1cccc(F)c1)N1CCCC1CC. The monoisotopic (exact) mass is 264 g/mol. The van der Waals surface area contributed by atoms with Gasteiger partial charge in [-0.25, -0.2) is 4.39 Å². The van der Waals surface area contributed by atoms with Crippen LogP contribution in [0.1, 0.15) is 51.1 Å². The number of likely N-dealkylation sites (tertiary alicyclic amines) is 1. The normalized spacial score (nSPS) is 23.5. The highest BCUT2D eigenvalue weighted by atomic mass is 19.1. The van der Waals surface area contributed by atoms with Gasteiger partial charge in [0.1, 0.15) is 5.82 Å². The standard InChI is InChI=1S/C16H25FN2/c1-3-14-9-6-10-19(14)16(15(18)4-2)12-7-5-8-13(17)11-12/h5,7-8,11,14-16H,3-4,6,9-10,18H2,1-2H3. The van der Waals surface area contributed by atoms with Gasteiger partial charge in [-0.15, -0.1) is 0 Å². The van der Waals surface area contributed by atoms with Crippen LogP contribution in [-0.4, -0.2) is 23.5 Å². The van der Waals surface area contributed by atoms with E-state index >= 15 is 0 Å². The smallest absolute Gasteiger partial charge is 0.123 e. The van der Waals surface area contributed by atoms with E-state index in [1.165, 1.54) is 18.9 Å². The average molecular weight is 264 g/mol. The van der Waals surface area contributed by atoms with E-state index in [0.29, 0.717) is 6.04 Å². The molecule has 0 radical (unpaired) electrons. The molecular weight excluding hydrogens is 239 g/mol. The van der Waals surface area contributed by atoms with Gasteiger partial charge in [-0.05, 0) is 49.9 Å². The molecule has 1 aliphatic rings. The number of halogens is 1. The van der Waals surface area contributed by atoms with Crippen molar-refractivity contribution in [3.8, 4) is 0 Å². The zero-order valence-corrected chi connectivity index (χ0v) is 12.0. The van der Waals surface area contributed by atoms with Crippen LogP contribution in [0.25, 0.3) is 0 Å². The van der Waals surface area contributed by atoms with Crippen molar-refractivity contribution in [2.45, 2.75) is 57.7 Å². The van der Waals surface area contributed by atoms with Gasteiger partial charge >= 0.3 is 0 Å². The lowest BCUT2D eigenvalue weighted by molar-refractivity contribution is 0.150. The van der Waals surface area contributed by atoms with Crippen molar-refractivity contribution in [1.29, 1.82) is 0 Å². The van der Waals surface area contributed by atoms with Gasteiger partial charge in [0.05, 0.1) is 6.04 Å². The summed E-state index contributed by atoms with van der Waals surface area (Å²) in [6.45, 7) is 5.41. The molecule has 1 aliphatic heterocycles. The minimum Gasteiger partial charge on any atom is -0.326 e. The van der Waals surface area contributed by atoms with Crippen LogP contribution in [0.5, 0.6) is 0 Å². The first-order valence-electron chi connectivity index (χ1n) is 7.44. The van der Waals surface area contributed by atoms with Gasteiger partial charge < -0.3 is 5.73 Å². The first-order chi connectivity index (χ1) is 9.17. The summed E-state index contributed by atoms with van der Waals surface area (Å²) < 4.78 is 13.5. The second kappa shape index (κ2) is 6.49. The molecule has 3 heteroatoms. The molecule has 0 amide bonds. The van der Waals surface area contributed by atoms with Crippen LogP contribution in [-0.2, 0) is 0 Å². The summed E-state index contributed by atoms with van der Waals surface area (Å²) in [7, 11) is 0. The van der Waals surface area contributed by atoms with Gasteiger partial charge in [0.15, 0.2) is 0 Å². The van der Waals surface area contributed by atoms with E-state index < -0.39 is 0 Å². The van der Waals surface area contributed by atoms with E-state index in [9.17, 15) is 4.39 Å². The van der Waals surface area contributed by atoms with E-state index in [0.717, 1.165) is 24.9 Å². The molecule has 1 fully saturated rings. The number of rotatable bonds is 5. The number of hydrogen-bond donors (Lipinski definition) is 1. The lowest BCUT2D eigenvalue weighted by Crippen LogP contribution is -2.43. The molecule has 1 heterocycles. The molecule has 19 heavy (non-hydrogen) atoms. The van der Waals surface area contributed by atoms with Crippen LogP contribution in [0, 0.1) is 5.82 Å². The van der Waals surface area contributed by atoms with Crippen LogP contribution in [0.2, 0.25) is 0 Å². The summed E-state index contributed by atoms with van der Waals surface area (Å²) in [6.07, 6.45) is 4.51. The minimum absolute atomic E-state index is 0.0638. The molecule has 0 spiro atoms. The van der Waals surface area contributed by atoms with Crippen LogP contribution in [0.4, 0.5) is 4.39 Å². The molecule has 3 atom stereocenters. The fourth-order valence-electron chi connectivity index (χ4n) is 3.26. The summed E-state index contributed by atoms with van der Waals surface area (Å²) in [5, 5.41) is 0. The maximum Gasteiger partial charge on any atom is 0.123 e. The van der Waals surface area contributed by atoms with Crippen molar-refractivity contribution < 1.29 is 4.39 Å². The largest absolute Gasteiger partial charge is 0.326 e. The predicted molar refractivity (Wildman–Crippen MR) is 77.4 cm³/mol. The Kier molecular flexibility index (Phi) is 4.94. The van der Waals surface area contributed by atoms with E-state index in [-0.39, 0.29) is 17.9 Å². The van der Waals surface area contributed by atoms with Crippen molar-refractivity contribution >= 4 is 0 Å². The Bertz CT molecular complexity index is 407. The highest BCUT2D eigenvalue weighted by molar-refractivity contribution is 5.22. The fraction of sp³-hybridized carbons (Fsp3) is 0.625. The Morgan fingerprint density at radius 1 is 1.42 bits per heavy atom. The van der Waals surface area contributed by atoms with Gasteiger partial charge in [0.2, 0.25) is 0 Å². The van der Waals surface area contributed by atoms with E-state index in [1.54, 1.807) is 12.1 Å². The Morgan fingerprint density at radius 2 is 2.21 bits per heavy atom. The number of hydrogen-bond acceptors (Lipinski definition) is 2. The van der Waals surface area contributed by atoms with Gasteiger partial charge in [-0.3, -0.25) is 4.90 Å². The molecule has 1 aromatic carbocycles. The van der Waals surface area contributed by atoms with E-state index in [1.807, 2.05) is 6.07 Å². The van der Waals surface area contributed by atoms with E-state index in [2.05, 4.69) is 18.7 Å². The van der Waals surface area contributed by atoms with Crippen LogP contribution >= 0.6 is 0 Å². The Labute approximate surface area is 115 Å². The molecule has 1 saturated heterocycles. The zero-order chi connectivity index (χ0) is 13.8. The van der Waals surface area contributed by atoms with Crippen LogP contribution in [0.3, 0.4) is 0 Å².